The van der Waals surface area contributed by atoms with Gasteiger partial charge in [-0.05, 0) is 13.8 Å². The molecule has 52 valence electrons. The maximum Gasteiger partial charge on any atom is 0.104 e. The fourth-order valence-corrected chi connectivity index (χ4v) is 0.859. The van der Waals surface area contributed by atoms with E-state index in [-0.39, 0.29) is 5.54 Å². The molecule has 0 bridgehead atoms. The standard InChI is InChI=1S/C4H7IN2S2/c1-4(2,7-8)3-6-9-5/h3H,1-2H3. The minimum absolute atomic E-state index is 0.284. The third kappa shape index (κ3) is 5.23. The Morgan fingerprint density at radius 1 is 1.67 bits per heavy atom. The van der Waals surface area contributed by atoms with Crippen molar-refractivity contribution in [3.05, 3.63) is 0 Å². The van der Waals surface area contributed by atoms with Gasteiger partial charge in [0.15, 0.2) is 0 Å². The molecule has 0 amide bonds. The van der Waals surface area contributed by atoms with E-state index in [1.165, 1.54) is 9.12 Å². The van der Waals surface area contributed by atoms with E-state index in [0.29, 0.717) is 0 Å². The largest absolute Gasteiger partial charge is 0.215 e. The Kier molecular flexibility index (Phi) is 4.96. The van der Waals surface area contributed by atoms with Gasteiger partial charge in [-0.1, -0.05) is 0 Å². The van der Waals surface area contributed by atoms with E-state index >= 15 is 0 Å². The van der Waals surface area contributed by atoms with Crippen molar-refractivity contribution in [1.29, 1.82) is 0 Å². The maximum atomic E-state index is 4.52. The Balaban J connectivity index is 3.84. The molecule has 0 unspecified atom stereocenters. The van der Waals surface area contributed by atoms with Crippen molar-refractivity contribution in [2.45, 2.75) is 19.4 Å². The zero-order valence-electron chi connectivity index (χ0n) is 5.17. The Morgan fingerprint density at radius 2 is 2.22 bits per heavy atom. The van der Waals surface area contributed by atoms with Crippen LogP contribution in [0.15, 0.2) is 8.76 Å². The number of nitrogens with zero attached hydrogens (tertiary/aromatic N) is 2. The van der Waals surface area contributed by atoms with Gasteiger partial charge in [0, 0.05) is 49.0 Å². The fourth-order valence-electron chi connectivity index (χ4n) is 0.172. The second-order valence-corrected chi connectivity index (χ2v) is 3.76. The topological polar surface area (TPSA) is 24.7 Å². The molecule has 9 heavy (non-hydrogen) atoms. The Bertz CT molecular complexity index is 124. The maximum absolute atomic E-state index is 4.52. The highest BCUT2D eigenvalue weighted by molar-refractivity contribution is 14.2. The monoisotopic (exact) mass is 274 g/mol. The molecule has 0 saturated heterocycles. The SMILES string of the molecule is CC(C)(C=NSI)N=S. The van der Waals surface area contributed by atoms with Crippen LogP contribution in [0.4, 0.5) is 0 Å². The summed E-state index contributed by atoms with van der Waals surface area (Å²) < 4.78 is 7.61. The lowest BCUT2D eigenvalue weighted by molar-refractivity contribution is 0.733. The van der Waals surface area contributed by atoms with Crippen molar-refractivity contribution in [3.8, 4) is 0 Å². The van der Waals surface area contributed by atoms with Gasteiger partial charge in [0.1, 0.15) is 5.54 Å². The predicted octanol–water partition coefficient (Wildman–Crippen LogP) is 2.56. The first kappa shape index (κ1) is 9.77. The van der Waals surface area contributed by atoms with E-state index in [0.717, 1.165) is 0 Å². The highest BCUT2D eigenvalue weighted by Gasteiger charge is 2.10. The lowest BCUT2D eigenvalue weighted by atomic mass is 10.1. The molecule has 0 aliphatic carbocycles. The van der Waals surface area contributed by atoms with Gasteiger partial charge in [0.2, 0.25) is 0 Å². The van der Waals surface area contributed by atoms with Crippen LogP contribution in [-0.2, 0) is 12.4 Å². The summed E-state index contributed by atoms with van der Waals surface area (Å²) in [5.74, 6) is 0. The average molecular weight is 274 g/mol. The van der Waals surface area contributed by atoms with Crippen molar-refractivity contribution >= 4 is 49.0 Å². The molecule has 2 nitrogen and oxygen atoms in total. The van der Waals surface area contributed by atoms with Gasteiger partial charge in [-0.3, -0.25) is 0 Å². The van der Waals surface area contributed by atoms with Gasteiger partial charge in [-0.2, -0.15) is 0 Å². The van der Waals surface area contributed by atoms with Gasteiger partial charge >= 0.3 is 0 Å². The van der Waals surface area contributed by atoms with Gasteiger partial charge in [-0.15, -0.1) is 0 Å². The first-order valence-electron chi connectivity index (χ1n) is 2.29. The second-order valence-electron chi connectivity index (χ2n) is 2.05. The molecule has 0 radical (unpaired) electrons. The van der Waals surface area contributed by atoms with Gasteiger partial charge < -0.3 is 0 Å². The summed E-state index contributed by atoms with van der Waals surface area (Å²) in [6.45, 7) is 3.83. The molecule has 0 aromatic heterocycles. The molecule has 0 rings (SSSR count). The van der Waals surface area contributed by atoms with Crippen LogP contribution >= 0.6 is 30.3 Å². The molecular formula is C4H7IN2S2. The lowest BCUT2D eigenvalue weighted by Crippen LogP contribution is -2.16. The molecule has 0 saturated carbocycles. The van der Waals surface area contributed by atoms with Gasteiger partial charge in [-0.25, -0.2) is 8.76 Å². The Morgan fingerprint density at radius 3 is 2.56 bits per heavy atom. The van der Waals surface area contributed by atoms with E-state index in [1.54, 1.807) is 6.21 Å². The average Bonchev–Trinajstić information content (AvgIpc) is 1.84. The highest BCUT2D eigenvalue weighted by atomic mass is 127. The van der Waals surface area contributed by atoms with Crippen LogP contribution in [-0.4, -0.2) is 11.8 Å². The van der Waals surface area contributed by atoms with Crippen LogP contribution in [0.25, 0.3) is 0 Å². The molecular weight excluding hydrogens is 267 g/mol. The van der Waals surface area contributed by atoms with Crippen LogP contribution in [0.1, 0.15) is 13.8 Å². The zero-order valence-corrected chi connectivity index (χ0v) is 8.96. The molecule has 0 aromatic carbocycles. The van der Waals surface area contributed by atoms with E-state index in [9.17, 15) is 0 Å². The molecule has 0 N–H and O–H groups in total. The molecule has 0 spiro atoms. The van der Waals surface area contributed by atoms with E-state index in [2.05, 4.69) is 42.4 Å². The Labute approximate surface area is 76.8 Å². The van der Waals surface area contributed by atoms with Crippen molar-refractivity contribution in [2.75, 3.05) is 0 Å². The molecule has 0 aliphatic heterocycles. The van der Waals surface area contributed by atoms with E-state index in [4.69, 9.17) is 0 Å². The molecule has 0 fully saturated rings. The zero-order chi connectivity index (χ0) is 7.33. The molecule has 5 heteroatoms. The third-order valence-electron chi connectivity index (χ3n) is 0.644. The van der Waals surface area contributed by atoms with Crippen LogP contribution < -0.4 is 0 Å². The summed E-state index contributed by atoms with van der Waals surface area (Å²) in [6.07, 6.45) is 1.73. The minimum Gasteiger partial charge on any atom is -0.215 e. The van der Waals surface area contributed by atoms with Crippen molar-refractivity contribution < 1.29 is 0 Å². The number of rotatable bonds is 3. The summed E-state index contributed by atoms with van der Waals surface area (Å²) in [5.41, 5.74) is -0.284. The second kappa shape index (κ2) is 4.56. The molecule has 0 atom stereocenters. The normalized spacial score (nSPS) is 12.3. The van der Waals surface area contributed by atoms with Crippen LogP contribution in [0, 0.1) is 0 Å². The fraction of sp³-hybridized carbons (Fsp3) is 0.750. The highest BCUT2D eigenvalue weighted by Crippen LogP contribution is 2.13. The summed E-state index contributed by atoms with van der Waals surface area (Å²) in [7, 11) is 1.38. The number of hydrogen-bond acceptors (Lipinski definition) is 4. The molecule has 0 heterocycles. The number of hydrogen-bond donors (Lipinski definition) is 0. The third-order valence-corrected chi connectivity index (χ3v) is 1.98. The van der Waals surface area contributed by atoms with Crippen molar-refractivity contribution in [1.82, 2.24) is 0 Å². The quantitative estimate of drug-likeness (QED) is 0.449. The van der Waals surface area contributed by atoms with Gasteiger partial charge in [0.05, 0.1) is 0 Å². The summed E-state index contributed by atoms with van der Waals surface area (Å²) in [5, 5.41) is 0. The summed E-state index contributed by atoms with van der Waals surface area (Å²) in [4.78, 5) is 0. The molecule has 0 aromatic rings. The predicted molar refractivity (Wildman–Crippen MR) is 54.0 cm³/mol. The summed E-state index contributed by atoms with van der Waals surface area (Å²) >= 11 is 6.61. The van der Waals surface area contributed by atoms with E-state index < -0.39 is 0 Å². The number of halogens is 1. The molecule has 0 aliphatic rings. The van der Waals surface area contributed by atoms with Crippen molar-refractivity contribution in [3.63, 3.8) is 0 Å². The van der Waals surface area contributed by atoms with Gasteiger partial charge in [0.25, 0.3) is 0 Å². The Hall–Kier alpha value is 0.770. The van der Waals surface area contributed by atoms with Crippen LogP contribution in [0.5, 0.6) is 0 Å². The smallest absolute Gasteiger partial charge is 0.104 e. The van der Waals surface area contributed by atoms with Crippen LogP contribution in [0.3, 0.4) is 0 Å². The van der Waals surface area contributed by atoms with E-state index in [1.807, 2.05) is 13.8 Å². The first-order chi connectivity index (χ1) is 4.12. The van der Waals surface area contributed by atoms with Crippen molar-refractivity contribution in [2.24, 2.45) is 8.76 Å². The first-order valence-corrected chi connectivity index (χ1v) is 5.97. The lowest BCUT2D eigenvalue weighted by Gasteiger charge is -2.07. The minimum atomic E-state index is -0.284. The van der Waals surface area contributed by atoms with Crippen LogP contribution in [0.2, 0.25) is 0 Å². The summed E-state index contributed by atoms with van der Waals surface area (Å²) in [6, 6.07) is 0.